The minimum absolute atomic E-state index is 0.315. The largest absolute Gasteiger partial charge is 0.483 e. The summed E-state index contributed by atoms with van der Waals surface area (Å²) in [6, 6.07) is -1.09. The lowest BCUT2D eigenvalue weighted by molar-refractivity contribution is -0.261. The third kappa shape index (κ3) is 6.69. The molecule has 4 heterocycles. The van der Waals surface area contributed by atoms with Crippen molar-refractivity contribution < 1.29 is 76.9 Å². The number of aromatic amines is 1. The van der Waals surface area contributed by atoms with Crippen molar-refractivity contribution in [2.24, 2.45) is 0 Å². The number of phosphoric ester groups is 2. The van der Waals surface area contributed by atoms with Crippen LogP contribution in [0.1, 0.15) is 6.23 Å². The highest BCUT2D eigenvalue weighted by Crippen LogP contribution is 2.61. The van der Waals surface area contributed by atoms with Crippen LogP contribution in [0.25, 0.3) is 0 Å². The first-order valence-corrected chi connectivity index (χ1v) is 14.7. The molecule has 0 radical (unpaired) electrons. The number of rotatable bonds is 10. The lowest BCUT2D eigenvalue weighted by Crippen LogP contribution is -2.65. The van der Waals surface area contributed by atoms with Crippen molar-refractivity contribution in [3.63, 3.8) is 0 Å². The predicted molar refractivity (Wildman–Crippen MR) is 128 cm³/mol. The van der Waals surface area contributed by atoms with Gasteiger partial charge in [-0.15, -0.1) is 0 Å². The Labute approximate surface area is 232 Å². The quantitative estimate of drug-likeness (QED) is 0.0873. The van der Waals surface area contributed by atoms with Crippen LogP contribution < -0.4 is 11.2 Å². The Kier molecular flexibility index (Phi) is 9.48. The van der Waals surface area contributed by atoms with Crippen molar-refractivity contribution in [2.45, 2.75) is 55.2 Å². The molecule has 2 fully saturated rings. The van der Waals surface area contributed by atoms with Crippen LogP contribution in [0.15, 0.2) is 34.0 Å². The molecule has 234 valence electrons. The molecule has 11 atom stereocenters. The van der Waals surface area contributed by atoms with Gasteiger partial charge in [0.15, 0.2) is 12.5 Å². The number of aliphatic hydroxyl groups is 5. The van der Waals surface area contributed by atoms with E-state index >= 15 is 0 Å². The zero-order valence-corrected chi connectivity index (χ0v) is 22.6. The summed E-state index contributed by atoms with van der Waals surface area (Å²) in [5, 5.41) is 50.5. The number of nitrogens with zero attached hydrogens (tertiary/aromatic N) is 2. The number of ether oxygens (including phenoxy) is 2. The second-order valence-corrected chi connectivity index (χ2v) is 12.1. The Morgan fingerprint density at radius 2 is 1.50 bits per heavy atom. The minimum atomic E-state index is -5.78. The molecular formula is C19H25N3O18P2. The number of hydrogen-bond acceptors (Lipinski definition) is 16. The molecule has 0 aromatic carbocycles. The van der Waals surface area contributed by atoms with Gasteiger partial charge in [0.2, 0.25) is 0 Å². The predicted octanol–water partition coefficient (Wildman–Crippen LogP) is -4.86. The molecule has 1 aromatic rings. The van der Waals surface area contributed by atoms with Crippen molar-refractivity contribution in [2.75, 3.05) is 13.2 Å². The van der Waals surface area contributed by atoms with Gasteiger partial charge < -0.3 is 44.8 Å². The Bertz CT molecular complexity index is 1430. The second-order valence-electron chi connectivity index (χ2n) is 9.06. The van der Waals surface area contributed by atoms with Crippen LogP contribution in [0, 0.1) is 0 Å². The van der Waals surface area contributed by atoms with Gasteiger partial charge in [-0.2, -0.15) is 4.31 Å². The van der Waals surface area contributed by atoms with Crippen LogP contribution in [0.3, 0.4) is 0 Å². The standard InChI is InChI=1S/C19H25N3O18P2/c23-5-7-13(27)15(29)12(22-10(25)1-2-11(22)26)18(38-7)39-42(34,35)40-41(32,33)36-6-8-14(28)16(30)17(37-8)21-4-3-9(24)20-19(21)31/h1-4,7-8,12-18,23,27-30H,5-6H2,(H,32,33)(H,34,35)(H,20,24,31). The van der Waals surface area contributed by atoms with E-state index in [9.17, 15) is 63.6 Å². The van der Waals surface area contributed by atoms with Crippen LogP contribution in [-0.2, 0) is 41.6 Å². The van der Waals surface area contributed by atoms with Crippen molar-refractivity contribution in [1.29, 1.82) is 0 Å². The maximum atomic E-state index is 12.6. The molecule has 2 saturated heterocycles. The fourth-order valence-electron chi connectivity index (χ4n) is 4.33. The fraction of sp³-hybridized carbons (Fsp3) is 0.579. The molecule has 0 aliphatic carbocycles. The summed E-state index contributed by atoms with van der Waals surface area (Å²) < 4.78 is 49.6. The molecule has 11 unspecified atom stereocenters. The van der Waals surface area contributed by atoms with E-state index in [0.717, 1.165) is 24.4 Å². The van der Waals surface area contributed by atoms with E-state index in [1.165, 1.54) is 0 Å². The number of aromatic nitrogens is 2. The molecule has 0 bridgehead atoms. The molecule has 0 spiro atoms. The van der Waals surface area contributed by atoms with E-state index in [2.05, 4.69) is 8.83 Å². The zero-order valence-electron chi connectivity index (χ0n) is 20.8. The number of nitrogens with one attached hydrogen (secondary N) is 1. The van der Waals surface area contributed by atoms with E-state index in [4.69, 9.17) is 14.0 Å². The number of aliphatic hydroxyl groups excluding tert-OH is 5. The van der Waals surface area contributed by atoms with Crippen LogP contribution in [0.2, 0.25) is 0 Å². The Hall–Kier alpha value is -2.46. The smallest absolute Gasteiger partial charge is 0.394 e. The molecule has 2 amide bonds. The van der Waals surface area contributed by atoms with Gasteiger partial charge in [0, 0.05) is 24.4 Å². The Morgan fingerprint density at radius 1 is 0.881 bits per heavy atom. The Morgan fingerprint density at radius 3 is 2.10 bits per heavy atom. The highest BCUT2D eigenvalue weighted by Gasteiger charge is 2.54. The SMILES string of the molecule is O=C1C=CC(=O)N1C1C(OP(=O)(O)OP(=O)(O)OCC2OC(n3ccc(=O)[nH]c3=O)C(O)C2O)OC(CO)C(O)C1O. The first-order valence-electron chi connectivity index (χ1n) is 11.8. The summed E-state index contributed by atoms with van der Waals surface area (Å²) in [6.07, 6.45) is -12.3. The molecule has 3 aliphatic rings. The lowest BCUT2D eigenvalue weighted by Gasteiger charge is -2.44. The van der Waals surface area contributed by atoms with E-state index in [1.807, 2.05) is 4.98 Å². The molecule has 3 aliphatic heterocycles. The second kappa shape index (κ2) is 12.3. The van der Waals surface area contributed by atoms with Crippen LogP contribution in [0.4, 0.5) is 0 Å². The highest BCUT2D eigenvalue weighted by molar-refractivity contribution is 7.61. The molecule has 23 heteroatoms. The van der Waals surface area contributed by atoms with Crippen molar-refractivity contribution in [3.05, 3.63) is 45.3 Å². The maximum Gasteiger partial charge on any atom is 0.483 e. The van der Waals surface area contributed by atoms with Gasteiger partial charge in [-0.25, -0.2) is 13.9 Å². The Balaban J connectivity index is 1.44. The zero-order chi connectivity index (χ0) is 31.1. The van der Waals surface area contributed by atoms with Gasteiger partial charge in [-0.05, 0) is 0 Å². The third-order valence-electron chi connectivity index (χ3n) is 6.30. The molecular weight excluding hydrogens is 620 g/mol. The van der Waals surface area contributed by atoms with Gasteiger partial charge >= 0.3 is 21.3 Å². The minimum Gasteiger partial charge on any atom is -0.394 e. The number of imide groups is 1. The first-order chi connectivity index (χ1) is 19.5. The molecule has 21 nitrogen and oxygen atoms in total. The summed E-state index contributed by atoms with van der Waals surface area (Å²) in [7, 11) is -11.4. The van der Waals surface area contributed by atoms with E-state index < -0.39 is 107 Å². The summed E-state index contributed by atoms with van der Waals surface area (Å²) in [6.45, 7) is -2.06. The van der Waals surface area contributed by atoms with Crippen molar-refractivity contribution in [1.82, 2.24) is 14.5 Å². The van der Waals surface area contributed by atoms with Gasteiger partial charge in [-0.1, -0.05) is 0 Å². The molecule has 8 N–H and O–H groups in total. The topological polar surface area (TPSA) is 314 Å². The first kappa shape index (κ1) is 32.5. The number of hydrogen-bond donors (Lipinski definition) is 8. The number of carbonyl (C=O) groups is 2. The van der Waals surface area contributed by atoms with Gasteiger partial charge in [0.1, 0.15) is 42.7 Å². The van der Waals surface area contributed by atoms with E-state index in [1.54, 1.807) is 0 Å². The number of phosphoric acid groups is 2. The summed E-state index contributed by atoms with van der Waals surface area (Å²) in [5.74, 6) is -2.08. The fourth-order valence-corrected chi connectivity index (χ4v) is 6.49. The lowest BCUT2D eigenvalue weighted by atomic mass is 9.96. The monoisotopic (exact) mass is 645 g/mol. The normalized spacial score (nSPS) is 36.3. The van der Waals surface area contributed by atoms with E-state index in [-0.39, 0.29) is 0 Å². The molecule has 1 aromatic heterocycles. The van der Waals surface area contributed by atoms with Gasteiger partial charge in [0.05, 0.1) is 13.2 Å². The average Bonchev–Trinajstić information content (AvgIpc) is 3.37. The van der Waals surface area contributed by atoms with Crippen molar-refractivity contribution >= 4 is 27.5 Å². The number of amides is 2. The summed E-state index contributed by atoms with van der Waals surface area (Å²) >= 11 is 0. The van der Waals surface area contributed by atoms with Crippen molar-refractivity contribution in [3.8, 4) is 0 Å². The van der Waals surface area contributed by atoms with Gasteiger partial charge in [0.25, 0.3) is 17.4 Å². The number of H-pyrrole nitrogens is 1. The van der Waals surface area contributed by atoms with Gasteiger partial charge in [-0.3, -0.25) is 37.9 Å². The number of carbonyl (C=O) groups excluding carboxylic acids is 2. The van der Waals surface area contributed by atoms with Crippen LogP contribution >= 0.6 is 15.6 Å². The molecule has 0 saturated carbocycles. The van der Waals surface area contributed by atoms with Crippen LogP contribution in [-0.4, -0.2) is 124 Å². The summed E-state index contributed by atoms with van der Waals surface area (Å²) in [4.78, 5) is 69.9. The molecule has 42 heavy (non-hydrogen) atoms. The third-order valence-corrected chi connectivity index (χ3v) is 8.90. The van der Waals surface area contributed by atoms with Crippen LogP contribution in [0.5, 0.6) is 0 Å². The average molecular weight is 645 g/mol. The van der Waals surface area contributed by atoms with E-state index in [0.29, 0.717) is 9.47 Å². The maximum absolute atomic E-state index is 12.6. The highest BCUT2D eigenvalue weighted by atomic mass is 31.3. The molecule has 4 rings (SSSR count). The summed E-state index contributed by atoms with van der Waals surface area (Å²) in [5.41, 5.74) is -1.79.